The Kier molecular flexibility index (Phi) is 4.37. The summed E-state index contributed by atoms with van der Waals surface area (Å²) >= 11 is 0. The van der Waals surface area contributed by atoms with Gasteiger partial charge in [0.1, 0.15) is 5.78 Å². The van der Waals surface area contributed by atoms with Gasteiger partial charge in [-0.2, -0.15) is 0 Å². The number of Topliss-reactive ketones (excluding diaryl/α,β-unsaturated/α-hetero) is 1. The molecule has 0 amide bonds. The average molecular weight is 194 g/mol. The molecule has 2 atom stereocenters. The molecule has 1 heteroatoms. The van der Waals surface area contributed by atoms with Gasteiger partial charge in [0.25, 0.3) is 0 Å². The average Bonchev–Trinajstić information content (AvgIpc) is 2.17. The number of hydrogen-bond donors (Lipinski definition) is 0. The molecule has 1 nitrogen and oxygen atoms in total. The maximum absolute atomic E-state index is 11.9. The highest BCUT2D eigenvalue weighted by atomic mass is 16.1. The van der Waals surface area contributed by atoms with E-state index in [1.54, 1.807) is 0 Å². The summed E-state index contributed by atoms with van der Waals surface area (Å²) in [6.07, 6.45) is 6.31. The normalized spacial score (nSPS) is 27.3. The number of rotatable bonds is 4. The number of allylic oxidation sites excluding steroid dienone is 1. The van der Waals surface area contributed by atoms with Gasteiger partial charge in [0.05, 0.1) is 0 Å². The third-order valence-electron chi connectivity index (χ3n) is 3.32. The van der Waals surface area contributed by atoms with Gasteiger partial charge in [0.2, 0.25) is 0 Å². The molecule has 1 aliphatic rings. The highest BCUT2D eigenvalue weighted by Gasteiger charge is 2.24. The molecule has 0 radical (unpaired) electrons. The lowest BCUT2D eigenvalue weighted by molar-refractivity contribution is -0.123. The first-order chi connectivity index (χ1) is 6.63. The van der Waals surface area contributed by atoms with Crippen LogP contribution in [0.1, 0.15) is 52.4 Å². The molecule has 0 heterocycles. The molecule has 0 aromatic carbocycles. The van der Waals surface area contributed by atoms with Gasteiger partial charge in [-0.15, -0.1) is 0 Å². The minimum absolute atomic E-state index is 0.335. The zero-order valence-electron chi connectivity index (χ0n) is 9.51. The van der Waals surface area contributed by atoms with Crippen molar-refractivity contribution in [1.29, 1.82) is 0 Å². The SMILES string of the molecule is C=C(CC)CC(=O)C1CCCC(C)C1. The molecule has 14 heavy (non-hydrogen) atoms. The molecule has 2 unspecified atom stereocenters. The van der Waals surface area contributed by atoms with E-state index in [9.17, 15) is 4.79 Å². The maximum atomic E-state index is 11.9. The largest absolute Gasteiger partial charge is 0.299 e. The second kappa shape index (κ2) is 5.33. The molecule has 1 rings (SSSR count). The van der Waals surface area contributed by atoms with Crippen LogP contribution in [0.3, 0.4) is 0 Å². The van der Waals surface area contributed by atoms with Crippen molar-refractivity contribution in [1.82, 2.24) is 0 Å². The maximum Gasteiger partial charge on any atom is 0.139 e. The molecule has 1 fully saturated rings. The van der Waals surface area contributed by atoms with E-state index in [0.29, 0.717) is 18.1 Å². The number of ketones is 1. The molecule has 80 valence electrons. The van der Waals surface area contributed by atoms with Gasteiger partial charge in [-0.05, 0) is 25.2 Å². The summed E-state index contributed by atoms with van der Waals surface area (Å²) in [7, 11) is 0. The smallest absolute Gasteiger partial charge is 0.139 e. The van der Waals surface area contributed by atoms with Crippen molar-refractivity contribution in [3.05, 3.63) is 12.2 Å². The Hall–Kier alpha value is -0.590. The molecular formula is C13H22O. The van der Waals surface area contributed by atoms with Gasteiger partial charge in [0.15, 0.2) is 0 Å². The Morgan fingerprint density at radius 2 is 2.14 bits per heavy atom. The minimum Gasteiger partial charge on any atom is -0.299 e. The monoisotopic (exact) mass is 194 g/mol. The van der Waals surface area contributed by atoms with Crippen LogP contribution in [0.2, 0.25) is 0 Å². The fourth-order valence-electron chi connectivity index (χ4n) is 2.24. The van der Waals surface area contributed by atoms with E-state index in [0.717, 1.165) is 30.8 Å². The van der Waals surface area contributed by atoms with Crippen molar-refractivity contribution in [2.24, 2.45) is 11.8 Å². The van der Waals surface area contributed by atoms with Crippen molar-refractivity contribution in [3.8, 4) is 0 Å². The summed E-state index contributed by atoms with van der Waals surface area (Å²) in [5.41, 5.74) is 1.09. The topological polar surface area (TPSA) is 17.1 Å². The number of hydrogen-bond acceptors (Lipinski definition) is 1. The first-order valence-corrected chi connectivity index (χ1v) is 5.82. The molecule has 0 saturated heterocycles. The highest BCUT2D eigenvalue weighted by Crippen LogP contribution is 2.30. The van der Waals surface area contributed by atoms with Crippen molar-refractivity contribution in [3.63, 3.8) is 0 Å². The molecule has 0 spiro atoms. The van der Waals surface area contributed by atoms with Crippen molar-refractivity contribution < 1.29 is 4.79 Å². The predicted octanol–water partition coefficient (Wildman–Crippen LogP) is 3.74. The van der Waals surface area contributed by atoms with E-state index in [-0.39, 0.29) is 0 Å². The van der Waals surface area contributed by atoms with Crippen LogP contribution in [0.4, 0.5) is 0 Å². The lowest BCUT2D eigenvalue weighted by Crippen LogP contribution is -2.21. The number of carbonyl (C=O) groups excluding carboxylic acids is 1. The van der Waals surface area contributed by atoms with Crippen LogP contribution in [0.25, 0.3) is 0 Å². The Morgan fingerprint density at radius 3 is 2.71 bits per heavy atom. The summed E-state index contributed by atoms with van der Waals surface area (Å²) in [5.74, 6) is 1.51. The van der Waals surface area contributed by atoms with Gasteiger partial charge >= 0.3 is 0 Å². The fraction of sp³-hybridized carbons (Fsp3) is 0.769. The highest BCUT2D eigenvalue weighted by molar-refractivity contribution is 5.83. The van der Waals surface area contributed by atoms with Gasteiger partial charge in [-0.3, -0.25) is 4.79 Å². The number of carbonyl (C=O) groups is 1. The quantitative estimate of drug-likeness (QED) is 0.623. The summed E-state index contributed by atoms with van der Waals surface area (Å²) in [6.45, 7) is 8.23. The van der Waals surface area contributed by atoms with Gasteiger partial charge < -0.3 is 0 Å². The van der Waals surface area contributed by atoms with E-state index in [1.807, 2.05) is 0 Å². The molecular weight excluding hydrogens is 172 g/mol. The second-order valence-electron chi connectivity index (χ2n) is 4.72. The van der Waals surface area contributed by atoms with Crippen LogP contribution in [-0.2, 0) is 4.79 Å². The summed E-state index contributed by atoms with van der Waals surface area (Å²) < 4.78 is 0. The standard InChI is InChI=1S/C13H22O/c1-4-10(2)9-13(14)12-7-5-6-11(3)8-12/h11-12H,2,4-9H2,1,3H3. The lowest BCUT2D eigenvalue weighted by Gasteiger charge is -2.25. The summed E-state index contributed by atoms with van der Waals surface area (Å²) in [4.78, 5) is 11.9. The minimum atomic E-state index is 0.335. The van der Waals surface area contributed by atoms with Crippen LogP contribution in [-0.4, -0.2) is 5.78 Å². The predicted molar refractivity (Wildman–Crippen MR) is 60.2 cm³/mol. The van der Waals surface area contributed by atoms with E-state index in [1.165, 1.54) is 12.8 Å². The van der Waals surface area contributed by atoms with Crippen molar-refractivity contribution in [2.75, 3.05) is 0 Å². The zero-order valence-corrected chi connectivity index (χ0v) is 9.51. The Labute approximate surface area is 87.6 Å². The fourth-order valence-corrected chi connectivity index (χ4v) is 2.24. The Bertz CT molecular complexity index is 217. The van der Waals surface area contributed by atoms with Crippen LogP contribution in [0.15, 0.2) is 12.2 Å². The lowest BCUT2D eigenvalue weighted by atomic mass is 9.79. The second-order valence-corrected chi connectivity index (χ2v) is 4.72. The van der Waals surface area contributed by atoms with Crippen LogP contribution >= 0.6 is 0 Å². The molecule has 0 aromatic rings. The molecule has 1 saturated carbocycles. The zero-order chi connectivity index (χ0) is 10.6. The summed E-state index contributed by atoms with van der Waals surface area (Å²) in [5, 5.41) is 0. The van der Waals surface area contributed by atoms with E-state index in [4.69, 9.17) is 0 Å². The van der Waals surface area contributed by atoms with E-state index in [2.05, 4.69) is 20.4 Å². The van der Waals surface area contributed by atoms with Crippen molar-refractivity contribution >= 4 is 5.78 Å². The third-order valence-corrected chi connectivity index (χ3v) is 3.32. The van der Waals surface area contributed by atoms with Crippen LogP contribution < -0.4 is 0 Å². The Balaban J connectivity index is 2.39. The van der Waals surface area contributed by atoms with Gasteiger partial charge in [0, 0.05) is 12.3 Å². The first kappa shape index (κ1) is 11.5. The molecule has 1 aliphatic carbocycles. The van der Waals surface area contributed by atoms with Crippen LogP contribution in [0, 0.1) is 11.8 Å². The summed E-state index contributed by atoms with van der Waals surface area (Å²) in [6, 6.07) is 0. The van der Waals surface area contributed by atoms with Gasteiger partial charge in [-0.25, -0.2) is 0 Å². The van der Waals surface area contributed by atoms with Crippen molar-refractivity contribution in [2.45, 2.75) is 52.4 Å². The van der Waals surface area contributed by atoms with Gasteiger partial charge in [-0.1, -0.05) is 38.8 Å². The third kappa shape index (κ3) is 3.28. The van der Waals surface area contributed by atoms with E-state index >= 15 is 0 Å². The molecule has 0 aliphatic heterocycles. The molecule has 0 N–H and O–H groups in total. The molecule has 0 bridgehead atoms. The first-order valence-electron chi connectivity index (χ1n) is 5.82. The molecule has 0 aromatic heterocycles. The van der Waals surface area contributed by atoms with E-state index < -0.39 is 0 Å². The van der Waals surface area contributed by atoms with Crippen LogP contribution in [0.5, 0.6) is 0 Å². The Morgan fingerprint density at radius 1 is 1.43 bits per heavy atom.